The van der Waals surface area contributed by atoms with Gasteiger partial charge in [0.25, 0.3) is 0 Å². The summed E-state index contributed by atoms with van der Waals surface area (Å²) in [6, 6.07) is 0. The van der Waals surface area contributed by atoms with E-state index in [1.807, 2.05) is 0 Å². The van der Waals surface area contributed by atoms with Gasteiger partial charge in [-0.1, -0.05) is 0 Å². The van der Waals surface area contributed by atoms with Crippen LogP contribution >= 0.6 is 0 Å². The molecular weight excluding hydrogens is 268 g/mol. The quantitative estimate of drug-likeness (QED) is 0.777. The molecule has 0 fully saturated rings. The van der Waals surface area contributed by atoms with Gasteiger partial charge in [-0.2, -0.15) is 0 Å². The molecule has 7 heteroatoms. The number of aliphatic hydroxyl groups excluding tert-OH is 1. The summed E-state index contributed by atoms with van der Waals surface area (Å²) in [6.07, 6.45) is -3.90. The van der Waals surface area contributed by atoms with E-state index in [9.17, 15) is 9.59 Å². The molecule has 0 amide bonds. The minimum Gasteiger partial charge on any atom is -0.430 e. The van der Waals surface area contributed by atoms with E-state index in [4.69, 9.17) is 24.1 Å². The lowest BCUT2D eigenvalue weighted by atomic mass is 10.2. The zero-order valence-corrected chi connectivity index (χ0v) is 12.8. The van der Waals surface area contributed by atoms with Gasteiger partial charge in [0.1, 0.15) is 24.4 Å². The zero-order valence-electron chi connectivity index (χ0n) is 12.8. The Balaban J connectivity index is 3.96. The molecule has 0 rings (SSSR count). The highest BCUT2D eigenvalue weighted by atomic mass is 16.8. The maximum atomic E-state index is 11.3. The molecule has 118 valence electrons. The Kier molecular flexibility index (Phi) is 7.34. The maximum Gasteiger partial charge on any atom is 0.509 e. The molecule has 0 bridgehead atoms. The molecule has 0 spiro atoms. The lowest BCUT2D eigenvalue weighted by molar-refractivity contribution is -0.0519. The van der Waals surface area contributed by atoms with Crippen LogP contribution in [0.1, 0.15) is 41.5 Å². The van der Waals surface area contributed by atoms with Crippen LogP contribution in [0.3, 0.4) is 0 Å². The minimum atomic E-state index is -0.932. The number of carbonyl (C=O) groups is 2. The van der Waals surface area contributed by atoms with Crippen LogP contribution in [0, 0.1) is 0 Å². The molecule has 1 N–H and O–H groups in total. The first-order valence-electron chi connectivity index (χ1n) is 6.42. The van der Waals surface area contributed by atoms with Gasteiger partial charge in [-0.05, 0) is 41.5 Å². The monoisotopic (exact) mass is 292 g/mol. The first-order chi connectivity index (χ1) is 9.01. The summed E-state index contributed by atoms with van der Waals surface area (Å²) in [6.45, 7) is 9.55. The van der Waals surface area contributed by atoms with Gasteiger partial charge >= 0.3 is 12.3 Å². The van der Waals surface area contributed by atoms with Crippen molar-refractivity contribution in [3.63, 3.8) is 0 Å². The summed E-state index contributed by atoms with van der Waals surface area (Å²) in [4.78, 5) is 22.6. The molecule has 0 aliphatic rings. The van der Waals surface area contributed by atoms with Gasteiger partial charge in [-0.25, -0.2) is 9.59 Å². The van der Waals surface area contributed by atoms with Crippen molar-refractivity contribution < 1.29 is 33.6 Å². The van der Waals surface area contributed by atoms with Crippen LogP contribution in [0.15, 0.2) is 0 Å². The lowest BCUT2D eigenvalue weighted by Gasteiger charge is -2.21. The Morgan fingerprint density at radius 3 is 2.05 bits per heavy atom. The van der Waals surface area contributed by atoms with E-state index in [1.54, 1.807) is 27.7 Å². The topological polar surface area (TPSA) is 91.3 Å². The average Bonchev–Trinajstić information content (AvgIpc) is 2.23. The Morgan fingerprint density at radius 2 is 1.60 bits per heavy atom. The number of rotatable bonds is 5. The second-order valence-electron chi connectivity index (χ2n) is 5.52. The predicted molar refractivity (Wildman–Crippen MR) is 70.4 cm³/mol. The molecule has 0 saturated heterocycles. The third-order valence-corrected chi connectivity index (χ3v) is 2.08. The van der Waals surface area contributed by atoms with E-state index >= 15 is 0 Å². The van der Waals surface area contributed by atoms with Crippen LogP contribution in [-0.2, 0) is 18.9 Å². The molecule has 3 atom stereocenters. The van der Waals surface area contributed by atoms with Crippen LogP contribution < -0.4 is 0 Å². The van der Waals surface area contributed by atoms with Gasteiger partial charge in [0.2, 0.25) is 0 Å². The van der Waals surface area contributed by atoms with Crippen molar-refractivity contribution in [2.45, 2.75) is 65.5 Å². The van der Waals surface area contributed by atoms with Gasteiger partial charge < -0.3 is 24.1 Å². The van der Waals surface area contributed by atoms with Gasteiger partial charge in [0.05, 0.1) is 6.10 Å². The predicted octanol–water partition coefficient (Wildman–Crippen LogP) is 2.25. The third kappa shape index (κ3) is 9.43. The van der Waals surface area contributed by atoms with Crippen LogP contribution in [0.2, 0.25) is 0 Å². The second kappa shape index (κ2) is 7.94. The summed E-state index contributed by atoms with van der Waals surface area (Å²) in [5, 5.41) is 9.16. The zero-order chi connectivity index (χ0) is 15.9. The van der Waals surface area contributed by atoms with Crippen LogP contribution in [0.25, 0.3) is 0 Å². The molecule has 0 aliphatic carbocycles. The number of hydrogen-bond donors (Lipinski definition) is 1. The molecule has 7 nitrogen and oxygen atoms in total. The summed E-state index contributed by atoms with van der Waals surface area (Å²) in [7, 11) is 0. The van der Waals surface area contributed by atoms with Gasteiger partial charge in [-0.15, -0.1) is 0 Å². The Hall–Kier alpha value is -1.50. The fourth-order valence-corrected chi connectivity index (χ4v) is 0.942. The molecule has 0 aliphatic heterocycles. The number of ether oxygens (including phenoxy) is 4. The van der Waals surface area contributed by atoms with E-state index in [2.05, 4.69) is 0 Å². The van der Waals surface area contributed by atoms with Gasteiger partial charge in [0.15, 0.2) is 0 Å². The standard InChI is InChI=1S/C13H24O7/c1-8(18-12(16)20-13(4,5)6)7-17-11(15)19-10(3)9(2)14/h8-10,14H,7H2,1-6H3. The van der Waals surface area contributed by atoms with Crippen LogP contribution in [-0.4, -0.2) is 47.9 Å². The second-order valence-corrected chi connectivity index (χ2v) is 5.52. The summed E-state index contributed by atoms with van der Waals surface area (Å²) in [5.41, 5.74) is -0.650. The molecule has 0 aromatic carbocycles. The van der Waals surface area contributed by atoms with Crippen LogP contribution in [0.5, 0.6) is 0 Å². The number of carbonyl (C=O) groups excluding carboxylic acids is 2. The highest BCUT2D eigenvalue weighted by molar-refractivity contribution is 5.61. The first-order valence-corrected chi connectivity index (χ1v) is 6.42. The first kappa shape index (κ1) is 18.5. The normalized spacial score (nSPS) is 15.8. The summed E-state index contributed by atoms with van der Waals surface area (Å²) < 4.78 is 19.3. The molecule has 0 saturated carbocycles. The molecular formula is C13H24O7. The minimum absolute atomic E-state index is 0.162. The fraction of sp³-hybridized carbons (Fsp3) is 0.846. The highest BCUT2D eigenvalue weighted by Gasteiger charge is 2.21. The van der Waals surface area contributed by atoms with E-state index in [-0.39, 0.29) is 6.61 Å². The highest BCUT2D eigenvalue weighted by Crippen LogP contribution is 2.09. The molecule has 0 aromatic rings. The maximum absolute atomic E-state index is 11.3. The molecule has 0 heterocycles. The van der Waals surface area contributed by atoms with Gasteiger partial charge in [-0.3, -0.25) is 0 Å². The van der Waals surface area contributed by atoms with E-state index in [0.717, 1.165) is 0 Å². The summed E-state index contributed by atoms with van der Waals surface area (Å²) in [5.74, 6) is 0. The van der Waals surface area contributed by atoms with E-state index < -0.39 is 36.2 Å². The Morgan fingerprint density at radius 1 is 1.05 bits per heavy atom. The summed E-state index contributed by atoms with van der Waals surface area (Å²) >= 11 is 0. The molecule has 3 unspecified atom stereocenters. The number of aliphatic hydroxyl groups is 1. The SMILES string of the molecule is CC(COC(=O)OC(C)C(C)O)OC(=O)OC(C)(C)C. The largest absolute Gasteiger partial charge is 0.509 e. The van der Waals surface area contributed by atoms with Gasteiger partial charge in [0, 0.05) is 0 Å². The number of hydrogen-bond acceptors (Lipinski definition) is 7. The van der Waals surface area contributed by atoms with Crippen molar-refractivity contribution in [2.24, 2.45) is 0 Å². The van der Waals surface area contributed by atoms with Crippen molar-refractivity contribution in [2.75, 3.05) is 6.61 Å². The lowest BCUT2D eigenvalue weighted by Crippen LogP contribution is -2.30. The molecule has 20 heavy (non-hydrogen) atoms. The Labute approximate surface area is 119 Å². The fourth-order valence-electron chi connectivity index (χ4n) is 0.942. The van der Waals surface area contributed by atoms with E-state index in [0.29, 0.717) is 0 Å². The van der Waals surface area contributed by atoms with Crippen molar-refractivity contribution in [3.8, 4) is 0 Å². The molecule has 0 radical (unpaired) electrons. The Bertz CT molecular complexity index is 319. The van der Waals surface area contributed by atoms with Crippen molar-refractivity contribution >= 4 is 12.3 Å². The van der Waals surface area contributed by atoms with Crippen molar-refractivity contribution in [3.05, 3.63) is 0 Å². The van der Waals surface area contributed by atoms with Crippen LogP contribution in [0.4, 0.5) is 9.59 Å². The van der Waals surface area contributed by atoms with Crippen molar-refractivity contribution in [1.29, 1.82) is 0 Å². The van der Waals surface area contributed by atoms with E-state index in [1.165, 1.54) is 13.8 Å². The third-order valence-electron chi connectivity index (χ3n) is 2.08. The van der Waals surface area contributed by atoms with Crippen molar-refractivity contribution in [1.82, 2.24) is 0 Å². The smallest absolute Gasteiger partial charge is 0.430 e. The molecule has 0 aromatic heterocycles. The average molecular weight is 292 g/mol.